The maximum atomic E-state index is 6.56. The predicted molar refractivity (Wildman–Crippen MR) is 90.5 cm³/mol. The molecule has 0 aliphatic rings. The molecule has 21 heavy (non-hydrogen) atoms. The summed E-state index contributed by atoms with van der Waals surface area (Å²) in [7, 11) is 0. The van der Waals surface area contributed by atoms with E-state index in [2.05, 4.69) is 54.0 Å². The van der Waals surface area contributed by atoms with Gasteiger partial charge in [-0.25, -0.2) is 0 Å². The molecule has 0 amide bonds. The van der Waals surface area contributed by atoms with Gasteiger partial charge < -0.3 is 10.2 Å². The van der Waals surface area contributed by atoms with Gasteiger partial charge in [0.05, 0.1) is 6.04 Å². The summed E-state index contributed by atoms with van der Waals surface area (Å²) >= 11 is 3.63. The van der Waals surface area contributed by atoms with E-state index in [0.29, 0.717) is 0 Å². The zero-order chi connectivity index (χ0) is 15.0. The van der Waals surface area contributed by atoms with Gasteiger partial charge in [-0.3, -0.25) is 0 Å². The Hall–Kier alpha value is -1.58. The number of para-hydroxylation sites is 1. The summed E-state index contributed by atoms with van der Waals surface area (Å²) in [5.74, 6) is 0.969. The second-order valence-electron chi connectivity index (χ2n) is 5.29. The zero-order valence-electron chi connectivity index (χ0n) is 12.2. The molecule has 1 atom stereocenters. The number of rotatable bonds is 3. The first-order chi connectivity index (χ1) is 10.1. The van der Waals surface area contributed by atoms with Crippen molar-refractivity contribution in [3.8, 4) is 0 Å². The maximum Gasteiger partial charge on any atom is 0.134 e. The van der Waals surface area contributed by atoms with Gasteiger partial charge in [-0.05, 0) is 30.2 Å². The molecule has 0 spiro atoms. The number of hydrogen-bond donors (Lipinski definition) is 1. The lowest BCUT2D eigenvalue weighted by atomic mass is 9.95. The van der Waals surface area contributed by atoms with Gasteiger partial charge in [-0.1, -0.05) is 53.2 Å². The Morgan fingerprint density at radius 3 is 2.67 bits per heavy atom. The first-order valence-electron chi connectivity index (χ1n) is 7.13. The van der Waals surface area contributed by atoms with E-state index in [1.165, 1.54) is 5.56 Å². The molecule has 2 nitrogen and oxygen atoms in total. The van der Waals surface area contributed by atoms with E-state index in [-0.39, 0.29) is 6.04 Å². The molecule has 0 saturated carbocycles. The fourth-order valence-electron chi connectivity index (χ4n) is 2.76. The molecule has 0 bridgehead atoms. The number of hydrogen-bond acceptors (Lipinski definition) is 2. The molecule has 1 aromatic heterocycles. The highest BCUT2D eigenvalue weighted by molar-refractivity contribution is 9.10. The number of halogens is 1. The first-order valence-corrected chi connectivity index (χ1v) is 7.93. The van der Waals surface area contributed by atoms with E-state index in [0.717, 1.165) is 38.7 Å². The molecule has 108 valence electrons. The molecule has 1 unspecified atom stereocenters. The highest BCUT2D eigenvalue weighted by atomic mass is 79.9. The van der Waals surface area contributed by atoms with Gasteiger partial charge in [-0.2, -0.15) is 0 Å². The summed E-state index contributed by atoms with van der Waals surface area (Å²) in [4.78, 5) is 0. The Balaban J connectivity index is 2.18. The van der Waals surface area contributed by atoms with E-state index in [9.17, 15) is 0 Å². The van der Waals surface area contributed by atoms with Crippen LogP contribution >= 0.6 is 15.9 Å². The van der Waals surface area contributed by atoms with Crippen LogP contribution in [-0.2, 0) is 6.42 Å². The van der Waals surface area contributed by atoms with Crippen molar-refractivity contribution in [1.82, 2.24) is 0 Å². The third kappa shape index (κ3) is 2.52. The highest BCUT2D eigenvalue weighted by Gasteiger charge is 2.21. The molecular formula is C18H18BrNO. The molecule has 2 N–H and O–H groups in total. The minimum Gasteiger partial charge on any atom is -0.461 e. The summed E-state index contributed by atoms with van der Waals surface area (Å²) in [6.07, 6.45) is 0.835. The van der Waals surface area contributed by atoms with Crippen LogP contribution < -0.4 is 5.73 Å². The van der Waals surface area contributed by atoms with Crippen molar-refractivity contribution in [3.63, 3.8) is 0 Å². The summed E-state index contributed by atoms with van der Waals surface area (Å²) in [5, 5.41) is 1.11. The van der Waals surface area contributed by atoms with Gasteiger partial charge in [0, 0.05) is 21.8 Å². The minimum atomic E-state index is -0.196. The van der Waals surface area contributed by atoms with Crippen molar-refractivity contribution in [1.29, 1.82) is 0 Å². The molecule has 3 rings (SSSR count). The van der Waals surface area contributed by atoms with Crippen LogP contribution in [0.5, 0.6) is 0 Å². The Kier molecular flexibility index (Phi) is 3.87. The molecule has 0 fully saturated rings. The summed E-state index contributed by atoms with van der Waals surface area (Å²) in [5.41, 5.74) is 10.9. The van der Waals surface area contributed by atoms with Crippen molar-refractivity contribution in [3.05, 3.63) is 69.4 Å². The van der Waals surface area contributed by atoms with Gasteiger partial charge in [0.2, 0.25) is 0 Å². The predicted octanol–water partition coefficient (Wildman–Crippen LogP) is 5.11. The third-order valence-electron chi connectivity index (χ3n) is 3.83. The number of furan rings is 1. The fourth-order valence-corrected chi connectivity index (χ4v) is 3.50. The molecule has 3 heteroatoms. The summed E-state index contributed by atoms with van der Waals surface area (Å²) in [6, 6.07) is 14.2. The van der Waals surface area contributed by atoms with Gasteiger partial charge >= 0.3 is 0 Å². The summed E-state index contributed by atoms with van der Waals surface area (Å²) in [6.45, 7) is 4.17. The van der Waals surface area contributed by atoms with Crippen LogP contribution in [0.3, 0.4) is 0 Å². The Morgan fingerprint density at radius 1 is 1.19 bits per heavy atom. The first kappa shape index (κ1) is 14.4. The van der Waals surface area contributed by atoms with E-state index in [1.807, 2.05) is 18.2 Å². The number of aryl methyl sites for hydroxylation is 2. The highest BCUT2D eigenvalue weighted by Crippen LogP contribution is 2.36. The van der Waals surface area contributed by atoms with Crippen LogP contribution in [0.15, 0.2) is 51.4 Å². The average molecular weight is 344 g/mol. The van der Waals surface area contributed by atoms with Gasteiger partial charge in [0.25, 0.3) is 0 Å². The quantitative estimate of drug-likeness (QED) is 0.717. The molecule has 1 heterocycles. The van der Waals surface area contributed by atoms with E-state index < -0.39 is 0 Å². The normalized spacial score (nSPS) is 12.8. The molecular weight excluding hydrogens is 326 g/mol. The number of benzene rings is 2. The molecule has 0 radical (unpaired) electrons. The minimum absolute atomic E-state index is 0.196. The lowest BCUT2D eigenvalue weighted by molar-refractivity contribution is 0.546. The Morgan fingerprint density at radius 2 is 1.95 bits per heavy atom. The standard InChI is InChI=1S/C18H18BrNO/c1-3-15-17(13-6-4-5-7-16(13)21-15)18(20)12-9-8-11(2)10-14(12)19/h4-10,18H,3,20H2,1-2H3. The number of fused-ring (bicyclic) bond motifs is 1. The van der Waals surface area contributed by atoms with Gasteiger partial charge in [0.1, 0.15) is 11.3 Å². The third-order valence-corrected chi connectivity index (χ3v) is 4.52. The van der Waals surface area contributed by atoms with Crippen LogP contribution in [0.1, 0.15) is 35.4 Å². The second kappa shape index (κ2) is 5.66. The largest absolute Gasteiger partial charge is 0.461 e. The fraction of sp³-hybridized carbons (Fsp3) is 0.222. The van der Waals surface area contributed by atoms with Crippen molar-refractivity contribution in [2.24, 2.45) is 5.73 Å². The monoisotopic (exact) mass is 343 g/mol. The van der Waals surface area contributed by atoms with Crippen molar-refractivity contribution < 1.29 is 4.42 Å². The van der Waals surface area contributed by atoms with Gasteiger partial charge in [0.15, 0.2) is 0 Å². The molecule has 0 saturated heterocycles. The van der Waals surface area contributed by atoms with E-state index >= 15 is 0 Å². The lowest BCUT2D eigenvalue weighted by Crippen LogP contribution is -2.13. The Bertz CT molecular complexity index is 791. The molecule has 0 aliphatic carbocycles. The molecule has 3 aromatic rings. The maximum absolute atomic E-state index is 6.56. The van der Waals surface area contributed by atoms with Crippen molar-refractivity contribution in [2.45, 2.75) is 26.3 Å². The second-order valence-corrected chi connectivity index (χ2v) is 6.15. The van der Waals surface area contributed by atoms with E-state index in [1.54, 1.807) is 0 Å². The van der Waals surface area contributed by atoms with Crippen LogP contribution in [0.2, 0.25) is 0 Å². The van der Waals surface area contributed by atoms with Crippen molar-refractivity contribution >= 4 is 26.9 Å². The smallest absolute Gasteiger partial charge is 0.134 e. The SMILES string of the molecule is CCc1oc2ccccc2c1C(N)c1ccc(C)cc1Br. The molecule has 2 aromatic carbocycles. The average Bonchev–Trinajstić information content (AvgIpc) is 2.85. The van der Waals surface area contributed by atoms with Gasteiger partial charge in [-0.15, -0.1) is 0 Å². The van der Waals surface area contributed by atoms with Crippen LogP contribution in [0, 0.1) is 6.92 Å². The lowest BCUT2D eigenvalue weighted by Gasteiger charge is -2.15. The number of nitrogens with two attached hydrogens (primary N) is 1. The van der Waals surface area contributed by atoms with E-state index in [4.69, 9.17) is 10.2 Å². The van der Waals surface area contributed by atoms with Crippen molar-refractivity contribution in [2.75, 3.05) is 0 Å². The molecule has 0 aliphatic heterocycles. The van der Waals surface area contributed by atoms with Crippen LogP contribution in [0.4, 0.5) is 0 Å². The Labute approximate surface area is 133 Å². The van der Waals surface area contributed by atoms with Crippen LogP contribution in [0.25, 0.3) is 11.0 Å². The van der Waals surface area contributed by atoms with Crippen LogP contribution in [-0.4, -0.2) is 0 Å². The topological polar surface area (TPSA) is 39.2 Å². The zero-order valence-corrected chi connectivity index (χ0v) is 13.8. The summed E-state index contributed by atoms with van der Waals surface area (Å²) < 4.78 is 7.00.